The van der Waals surface area contributed by atoms with Crippen molar-refractivity contribution in [1.29, 1.82) is 0 Å². The maximum absolute atomic E-state index is 13.8. The Morgan fingerprint density at radius 1 is 0.757 bits per heavy atom. The summed E-state index contributed by atoms with van der Waals surface area (Å²) in [6, 6.07) is 14.9. The van der Waals surface area contributed by atoms with Crippen molar-refractivity contribution in [2.45, 2.75) is 24.3 Å². The van der Waals surface area contributed by atoms with Gasteiger partial charge in [-0.2, -0.15) is 17.9 Å². The van der Waals surface area contributed by atoms with Gasteiger partial charge in [-0.15, -0.1) is 0 Å². The third-order valence-electron chi connectivity index (χ3n) is 6.23. The van der Waals surface area contributed by atoms with E-state index in [1.165, 1.54) is 21.3 Å². The van der Waals surface area contributed by atoms with Crippen LogP contribution in [0, 0.1) is 6.92 Å². The number of sulfonamides is 1. The zero-order chi connectivity index (χ0) is 26.7. The van der Waals surface area contributed by atoms with Crippen LogP contribution in [0.2, 0.25) is 0 Å². The molecule has 4 rings (SSSR count). The lowest BCUT2D eigenvalue weighted by Crippen LogP contribution is -2.27. The second-order valence-electron chi connectivity index (χ2n) is 8.39. The summed E-state index contributed by atoms with van der Waals surface area (Å²) in [5.74, 6) is 2.34. The van der Waals surface area contributed by atoms with E-state index < -0.39 is 16.1 Å². The first kappa shape index (κ1) is 26.2. The van der Waals surface area contributed by atoms with E-state index in [4.69, 9.17) is 23.7 Å². The van der Waals surface area contributed by atoms with Crippen LogP contribution in [0.3, 0.4) is 0 Å². The van der Waals surface area contributed by atoms with Crippen molar-refractivity contribution in [1.82, 2.24) is 4.41 Å². The van der Waals surface area contributed by atoms with E-state index in [1.807, 2.05) is 13.0 Å². The smallest absolute Gasteiger partial charge is 0.279 e. The van der Waals surface area contributed by atoms with E-state index in [0.717, 1.165) is 15.5 Å². The van der Waals surface area contributed by atoms with Crippen LogP contribution in [0.5, 0.6) is 28.7 Å². The Labute approximate surface area is 217 Å². The second-order valence-corrected chi connectivity index (χ2v) is 10.2. The molecule has 10 heteroatoms. The molecule has 37 heavy (non-hydrogen) atoms. The SMILES string of the molecule is COc1ccc(C2=NN(S(=O)(=O)c3ccc(C)cc3)C(c3cc(OC)c(OC)c(OC)c3)C2)cc1OC. The summed E-state index contributed by atoms with van der Waals surface area (Å²) in [5, 5.41) is 4.62. The molecule has 1 atom stereocenters. The van der Waals surface area contributed by atoms with Crippen LogP contribution in [0.4, 0.5) is 0 Å². The van der Waals surface area contributed by atoms with Gasteiger partial charge in [0.25, 0.3) is 10.0 Å². The molecule has 0 N–H and O–H groups in total. The predicted molar refractivity (Wildman–Crippen MR) is 140 cm³/mol. The van der Waals surface area contributed by atoms with Gasteiger partial charge in [-0.3, -0.25) is 0 Å². The standard InChI is InChI=1S/C27H30N2O7S/c1-17-7-10-20(11-8-17)37(30,31)29-22(19-14-25(34-4)27(36-6)26(15-19)35-5)16-21(28-29)18-9-12-23(32-2)24(13-18)33-3/h7-15,22H,16H2,1-6H3. The number of hydrogen-bond acceptors (Lipinski definition) is 8. The van der Waals surface area contributed by atoms with Gasteiger partial charge in [0, 0.05) is 12.0 Å². The third kappa shape index (κ3) is 4.89. The molecule has 196 valence electrons. The van der Waals surface area contributed by atoms with Crippen LogP contribution >= 0.6 is 0 Å². The maximum atomic E-state index is 13.8. The molecular weight excluding hydrogens is 496 g/mol. The Morgan fingerprint density at radius 2 is 1.35 bits per heavy atom. The zero-order valence-electron chi connectivity index (χ0n) is 21.6. The first-order valence-electron chi connectivity index (χ1n) is 11.5. The zero-order valence-corrected chi connectivity index (χ0v) is 22.5. The van der Waals surface area contributed by atoms with E-state index in [-0.39, 0.29) is 4.90 Å². The summed E-state index contributed by atoms with van der Waals surface area (Å²) in [7, 11) is 3.65. The second kappa shape index (κ2) is 10.6. The summed E-state index contributed by atoms with van der Waals surface area (Å²) in [6.07, 6.45) is 0.305. The van der Waals surface area contributed by atoms with Crippen molar-refractivity contribution in [3.8, 4) is 28.7 Å². The number of ether oxygens (including phenoxy) is 5. The number of methoxy groups -OCH3 is 5. The fourth-order valence-electron chi connectivity index (χ4n) is 4.26. The van der Waals surface area contributed by atoms with Gasteiger partial charge in [-0.25, -0.2) is 0 Å². The summed E-state index contributed by atoms with van der Waals surface area (Å²) in [5.41, 5.74) is 2.90. The molecule has 3 aromatic rings. The molecule has 0 saturated heterocycles. The molecule has 0 bridgehead atoms. The summed E-state index contributed by atoms with van der Waals surface area (Å²) in [6.45, 7) is 1.90. The number of nitrogens with zero attached hydrogens (tertiary/aromatic N) is 2. The van der Waals surface area contributed by atoms with E-state index in [0.29, 0.717) is 46.4 Å². The number of rotatable bonds is 9. The molecular formula is C27H30N2O7S. The third-order valence-corrected chi connectivity index (χ3v) is 7.92. The Morgan fingerprint density at radius 3 is 1.89 bits per heavy atom. The number of hydrazone groups is 1. The Hall–Kier alpha value is -3.92. The van der Waals surface area contributed by atoms with Gasteiger partial charge < -0.3 is 23.7 Å². The Kier molecular flexibility index (Phi) is 7.49. The highest BCUT2D eigenvalue weighted by atomic mass is 32.2. The van der Waals surface area contributed by atoms with E-state index >= 15 is 0 Å². The van der Waals surface area contributed by atoms with Gasteiger partial charge in [0.15, 0.2) is 23.0 Å². The Bertz CT molecular complexity index is 1390. The molecule has 0 fully saturated rings. The van der Waals surface area contributed by atoms with Crippen LogP contribution in [0.25, 0.3) is 0 Å². The van der Waals surface area contributed by atoms with Gasteiger partial charge in [0.05, 0.1) is 52.2 Å². The van der Waals surface area contributed by atoms with Crippen LogP contribution in [-0.2, 0) is 10.0 Å². The van der Waals surface area contributed by atoms with Crippen LogP contribution in [0.15, 0.2) is 64.6 Å². The summed E-state index contributed by atoms with van der Waals surface area (Å²) in [4.78, 5) is 0.146. The lowest BCUT2D eigenvalue weighted by Gasteiger charge is -2.25. The highest BCUT2D eigenvalue weighted by Crippen LogP contribution is 2.45. The van der Waals surface area contributed by atoms with Crippen LogP contribution in [-0.4, -0.2) is 54.1 Å². The van der Waals surface area contributed by atoms with Crippen molar-refractivity contribution >= 4 is 15.7 Å². The maximum Gasteiger partial charge on any atom is 0.279 e. The van der Waals surface area contributed by atoms with Crippen molar-refractivity contribution in [3.63, 3.8) is 0 Å². The minimum absolute atomic E-state index is 0.146. The van der Waals surface area contributed by atoms with Crippen LogP contribution < -0.4 is 23.7 Å². The van der Waals surface area contributed by atoms with Crippen molar-refractivity contribution in [3.05, 3.63) is 71.3 Å². The molecule has 1 heterocycles. The van der Waals surface area contributed by atoms with Gasteiger partial charge in [0.2, 0.25) is 5.75 Å². The minimum Gasteiger partial charge on any atom is -0.493 e. The molecule has 0 aliphatic carbocycles. The van der Waals surface area contributed by atoms with Gasteiger partial charge in [-0.05, 0) is 55.0 Å². The van der Waals surface area contributed by atoms with Crippen molar-refractivity contribution < 1.29 is 32.1 Å². The van der Waals surface area contributed by atoms with Gasteiger partial charge in [-0.1, -0.05) is 17.7 Å². The van der Waals surface area contributed by atoms with E-state index in [2.05, 4.69) is 5.10 Å². The Balaban J connectivity index is 1.87. The van der Waals surface area contributed by atoms with Crippen LogP contribution in [0.1, 0.15) is 29.2 Å². The summed E-state index contributed by atoms with van der Waals surface area (Å²) >= 11 is 0. The van der Waals surface area contributed by atoms with Crippen molar-refractivity contribution in [2.24, 2.45) is 5.10 Å². The van der Waals surface area contributed by atoms with Gasteiger partial charge >= 0.3 is 0 Å². The van der Waals surface area contributed by atoms with Crippen molar-refractivity contribution in [2.75, 3.05) is 35.5 Å². The molecule has 1 aliphatic heterocycles. The van der Waals surface area contributed by atoms with E-state index in [9.17, 15) is 8.42 Å². The normalized spacial score (nSPS) is 15.2. The molecule has 0 amide bonds. The average Bonchev–Trinajstić information content (AvgIpc) is 3.38. The average molecular weight is 527 g/mol. The molecule has 1 aliphatic rings. The largest absolute Gasteiger partial charge is 0.493 e. The number of benzene rings is 3. The monoisotopic (exact) mass is 526 g/mol. The molecule has 3 aromatic carbocycles. The first-order valence-corrected chi connectivity index (χ1v) is 12.9. The minimum atomic E-state index is -4.00. The molecule has 0 radical (unpaired) electrons. The number of aryl methyl sites for hydroxylation is 1. The first-order chi connectivity index (χ1) is 17.8. The molecule has 0 aromatic heterocycles. The lowest BCUT2D eigenvalue weighted by atomic mass is 9.98. The van der Waals surface area contributed by atoms with E-state index in [1.54, 1.807) is 62.8 Å². The fourth-order valence-corrected chi connectivity index (χ4v) is 5.69. The highest BCUT2D eigenvalue weighted by molar-refractivity contribution is 7.89. The lowest BCUT2D eigenvalue weighted by molar-refractivity contribution is 0.319. The quantitative estimate of drug-likeness (QED) is 0.403. The molecule has 0 spiro atoms. The molecule has 9 nitrogen and oxygen atoms in total. The predicted octanol–water partition coefficient (Wildman–Crippen LogP) is 4.58. The van der Waals surface area contributed by atoms with Gasteiger partial charge in [0.1, 0.15) is 0 Å². The number of hydrogen-bond donors (Lipinski definition) is 0. The highest BCUT2D eigenvalue weighted by Gasteiger charge is 2.39. The molecule has 0 saturated carbocycles. The topological polar surface area (TPSA) is 95.9 Å². The molecule has 1 unspecified atom stereocenters. The fraction of sp³-hybridized carbons (Fsp3) is 0.296. The summed E-state index contributed by atoms with van der Waals surface area (Å²) < 4.78 is 56.2.